The van der Waals surface area contributed by atoms with Gasteiger partial charge in [0.25, 0.3) is 0 Å². The Balaban J connectivity index is 1.60. The maximum Gasteiger partial charge on any atom is 0.494 e. The highest BCUT2D eigenvalue weighted by Crippen LogP contribution is 2.37. The van der Waals surface area contributed by atoms with Crippen molar-refractivity contribution in [2.24, 2.45) is 0 Å². The highest BCUT2D eigenvalue weighted by molar-refractivity contribution is 6.62. The van der Waals surface area contributed by atoms with Crippen LogP contribution in [-0.4, -0.2) is 23.3 Å². The molecule has 3 nitrogen and oxygen atoms in total. The van der Waals surface area contributed by atoms with Gasteiger partial charge in [-0.25, -0.2) is 4.98 Å². The van der Waals surface area contributed by atoms with Gasteiger partial charge < -0.3 is 9.31 Å². The molecule has 0 atom stereocenters. The van der Waals surface area contributed by atoms with E-state index in [1.165, 1.54) is 11.1 Å². The van der Waals surface area contributed by atoms with Gasteiger partial charge in [-0.2, -0.15) is 0 Å². The predicted octanol–water partition coefficient (Wildman–Crippen LogP) is 5.87. The number of benzene rings is 3. The van der Waals surface area contributed by atoms with Crippen molar-refractivity contribution in [1.29, 1.82) is 0 Å². The molecular weight excluding hydrogens is 381 g/mol. The molecular formula is C27H26BNO2. The summed E-state index contributed by atoms with van der Waals surface area (Å²) in [7, 11) is -0.390. The fourth-order valence-corrected chi connectivity index (χ4v) is 4.00. The van der Waals surface area contributed by atoms with Crippen LogP contribution in [0.15, 0.2) is 84.9 Å². The number of hydrogen-bond acceptors (Lipinski definition) is 3. The topological polar surface area (TPSA) is 31.4 Å². The van der Waals surface area contributed by atoms with Gasteiger partial charge in [-0.15, -0.1) is 0 Å². The standard InChI is InChI=1S/C27H26BNO2/c1-26(2)27(3,4)31-28(30-26)21-14-10-13-20(17-21)25-18-23(19-11-6-5-7-12-19)22-15-8-9-16-24(22)29-25/h5-18H,1-4H3. The Morgan fingerprint density at radius 1 is 0.677 bits per heavy atom. The van der Waals surface area contributed by atoms with E-state index in [1.54, 1.807) is 0 Å². The molecule has 2 heterocycles. The molecule has 0 amide bonds. The minimum absolute atomic E-state index is 0.366. The smallest absolute Gasteiger partial charge is 0.399 e. The van der Waals surface area contributed by atoms with Gasteiger partial charge in [0, 0.05) is 5.39 Å². The second-order valence-electron chi connectivity index (χ2n) is 9.15. The summed E-state index contributed by atoms with van der Waals surface area (Å²) in [5, 5.41) is 1.15. The lowest BCUT2D eigenvalue weighted by Gasteiger charge is -2.32. The average Bonchev–Trinajstić information content (AvgIpc) is 3.00. The van der Waals surface area contributed by atoms with Crippen LogP contribution in [0.4, 0.5) is 0 Å². The molecule has 1 fully saturated rings. The Morgan fingerprint density at radius 3 is 2.06 bits per heavy atom. The van der Waals surface area contributed by atoms with E-state index in [9.17, 15) is 0 Å². The van der Waals surface area contributed by atoms with E-state index in [-0.39, 0.29) is 18.3 Å². The van der Waals surface area contributed by atoms with Crippen LogP contribution in [0.5, 0.6) is 0 Å². The van der Waals surface area contributed by atoms with Crippen LogP contribution >= 0.6 is 0 Å². The Kier molecular flexibility index (Phi) is 4.73. The van der Waals surface area contributed by atoms with Crippen molar-refractivity contribution in [3.05, 3.63) is 84.9 Å². The molecule has 1 saturated heterocycles. The van der Waals surface area contributed by atoms with E-state index in [2.05, 4.69) is 100 Å². The summed E-state index contributed by atoms with van der Waals surface area (Å²) in [6.45, 7) is 8.31. The first-order chi connectivity index (χ1) is 14.8. The molecule has 3 aromatic carbocycles. The van der Waals surface area contributed by atoms with E-state index in [0.29, 0.717) is 0 Å². The van der Waals surface area contributed by atoms with E-state index >= 15 is 0 Å². The summed E-state index contributed by atoms with van der Waals surface area (Å²) >= 11 is 0. The van der Waals surface area contributed by atoms with Crippen LogP contribution < -0.4 is 5.46 Å². The Labute approximate surface area is 184 Å². The van der Waals surface area contributed by atoms with Crippen molar-refractivity contribution in [3.8, 4) is 22.4 Å². The maximum atomic E-state index is 6.26. The number of para-hydroxylation sites is 1. The molecule has 5 rings (SSSR count). The minimum Gasteiger partial charge on any atom is -0.399 e. The largest absolute Gasteiger partial charge is 0.494 e. The van der Waals surface area contributed by atoms with Crippen LogP contribution in [0.3, 0.4) is 0 Å². The van der Waals surface area contributed by atoms with Crippen molar-refractivity contribution in [1.82, 2.24) is 4.98 Å². The molecule has 1 aromatic heterocycles. The van der Waals surface area contributed by atoms with Gasteiger partial charge in [-0.05, 0) is 62.0 Å². The highest BCUT2D eigenvalue weighted by atomic mass is 16.7. The lowest BCUT2D eigenvalue weighted by molar-refractivity contribution is 0.00578. The minimum atomic E-state index is -0.390. The van der Waals surface area contributed by atoms with Gasteiger partial charge in [0.05, 0.1) is 22.4 Å². The molecule has 0 saturated carbocycles. The summed E-state index contributed by atoms with van der Waals surface area (Å²) in [5.74, 6) is 0. The van der Waals surface area contributed by atoms with E-state index in [4.69, 9.17) is 14.3 Å². The lowest BCUT2D eigenvalue weighted by Crippen LogP contribution is -2.41. The first-order valence-corrected chi connectivity index (χ1v) is 10.8. The van der Waals surface area contributed by atoms with E-state index in [1.807, 2.05) is 12.1 Å². The van der Waals surface area contributed by atoms with Crippen molar-refractivity contribution in [2.45, 2.75) is 38.9 Å². The second kappa shape index (κ2) is 7.33. The molecule has 1 aliphatic heterocycles. The predicted molar refractivity (Wildman–Crippen MR) is 128 cm³/mol. The number of hydrogen-bond donors (Lipinski definition) is 0. The highest BCUT2D eigenvalue weighted by Gasteiger charge is 2.51. The quantitative estimate of drug-likeness (QED) is 0.398. The molecule has 0 unspecified atom stereocenters. The van der Waals surface area contributed by atoms with Crippen LogP contribution in [0.1, 0.15) is 27.7 Å². The van der Waals surface area contributed by atoms with Crippen LogP contribution in [0, 0.1) is 0 Å². The molecule has 0 bridgehead atoms. The summed E-state index contributed by atoms with van der Waals surface area (Å²) in [6.07, 6.45) is 0. The number of fused-ring (bicyclic) bond motifs is 1. The summed E-state index contributed by atoms with van der Waals surface area (Å²) in [6, 6.07) is 29.3. The summed E-state index contributed by atoms with van der Waals surface area (Å²) in [4.78, 5) is 4.97. The molecule has 0 radical (unpaired) electrons. The van der Waals surface area contributed by atoms with Gasteiger partial charge in [0.2, 0.25) is 0 Å². The molecule has 1 aliphatic rings. The normalized spacial score (nSPS) is 17.2. The second-order valence-corrected chi connectivity index (χ2v) is 9.15. The van der Waals surface area contributed by atoms with Gasteiger partial charge in [0.1, 0.15) is 0 Å². The van der Waals surface area contributed by atoms with Crippen LogP contribution in [-0.2, 0) is 9.31 Å². The Bertz CT molecular complexity index is 1230. The number of pyridine rings is 1. The van der Waals surface area contributed by atoms with Crippen molar-refractivity contribution >= 4 is 23.5 Å². The maximum absolute atomic E-state index is 6.26. The third-order valence-corrected chi connectivity index (χ3v) is 6.51. The van der Waals surface area contributed by atoms with Crippen LogP contribution in [0.2, 0.25) is 0 Å². The van der Waals surface area contributed by atoms with E-state index < -0.39 is 0 Å². The number of rotatable bonds is 3. The fourth-order valence-electron chi connectivity index (χ4n) is 4.00. The molecule has 0 spiro atoms. The van der Waals surface area contributed by atoms with Gasteiger partial charge in [0.15, 0.2) is 0 Å². The zero-order valence-corrected chi connectivity index (χ0v) is 18.4. The molecule has 154 valence electrons. The summed E-state index contributed by atoms with van der Waals surface area (Å²) in [5.41, 5.74) is 5.62. The van der Waals surface area contributed by atoms with Crippen LogP contribution in [0.25, 0.3) is 33.3 Å². The van der Waals surface area contributed by atoms with Gasteiger partial charge in [-0.3, -0.25) is 0 Å². The third-order valence-electron chi connectivity index (χ3n) is 6.51. The fraction of sp³-hybridized carbons (Fsp3) is 0.222. The molecule has 31 heavy (non-hydrogen) atoms. The number of nitrogens with zero attached hydrogens (tertiary/aromatic N) is 1. The Hall–Kier alpha value is -2.95. The van der Waals surface area contributed by atoms with Crippen molar-refractivity contribution in [2.75, 3.05) is 0 Å². The first-order valence-electron chi connectivity index (χ1n) is 10.8. The zero-order chi connectivity index (χ0) is 21.6. The third kappa shape index (κ3) is 3.56. The molecule has 4 heteroatoms. The van der Waals surface area contributed by atoms with Crippen molar-refractivity contribution < 1.29 is 9.31 Å². The molecule has 0 N–H and O–H groups in total. The van der Waals surface area contributed by atoms with Crippen molar-refractivity contribution in [3.63, 3.8) is 0 Å². The summed E-state index contributed by atoms with van der Waals surface area (Å²) < 4.78 is 12.5. The lowest BCUT2D eigenvalue weighted by atomic mass is 9.78. The van der Waals surface area contributed by atoms with Gasteiger partial charge in [-0.1, -0.05) is 72.8 Å². The molecule has 4 aromatic rings. The average molecular weight is 407 g/mol. The first kappa shape index (κ1) is 20.0. The monoisotopic (exact) mass is 407 g/mol. The Morgan fingerprint density at radius 2 is 1.32 bits per heavy atom. The van der Waals surface area contributed by atoms with E-state index in [0.717, 1.165) is 27.6 Å². The van der Waals surface area contributed by atoms with Gasteiger partial charge >= 0.3 is 7.12 Å². The number of aromatic nitrogens is 1. The zero-order valence-electron chi connectivity index (χ0n) is 18.4. The SMILES string of the molecule is CC1(C)OB(c2cccc(-c3cc(-c4ccccc4)c4ccccc4n3)c2)OC1(C)C. The molecule has 0 aliphatic carbocycles.